The molecule has 0 aliphatic carbocycles. The third kappa shape index (κ3) is 3.97. The Morgan fingerprint density at radius 3 is 2.92 bits per heavy atom. The molecule has 3 aromatic rings. The maximum absolute atomic E-state index is 11.9. The fourth-order valence-electron chi connectivity index (χ4n) is 2.33. The molecule has 0 radical (unpaired) electrons. The lowest BCUT2D eigenvalue weighted by atomic mass is 10.3. The second-order valence-corrected chi connectivity index (χ2v) is 7.06. The van der Waals surface area contributed by atoms with Crippen molar-refractivity contribution in [3.8, 4) is 22.1 Å². The highest BCUT2D eigenvalue weighted by atomic mass is 32.2. The van der Waals surface area contributed by atoms with Crippen LogP contribution in [0.3, 0.4) is 0 Å². The zero-order valence-corrected chi connectivity index (χ0v) is 15.8. The van der Waals surface area contributed by atoms with Crippen molar-refractivity contribution in [1.29, 1.82) is 0 Å². The summed E-state index contributed by atoms with van der Waals surface area (Å²) in [4.78, 5) is 12.9. The van der Waals surface area contributed by atoms with E-state index in [9.17, 15) is 4.79 Å². The SMILES string of the molecule is C=CCNC(=O)CSc1nnc(-c2cccs2)n1-c1ccccc1OC. The van der Waals surface area contributed by atoms with Crippen LogP contribution in [0.1, 0.15) is 0 Å². The van der Waals surface area contributed by atoms with Gasteiger partial charge in [-0.3, -0.25) is 9.36 Å². The van der Waals surface area contributed by atoms with E-state index in [4.69, 9.17) is 4.74 Å². The molecule has 0 bridgehead atoms. The van der Waals surface area contributed by atoms with Gasteiger partial charge in [-0.05, 0) is 23.6 Å². The molecule has 0 fully saturated rings. The van der Waals surface area contributed by atoms with E-state index in [0.29, 0.717) is 17.5 Å². The number of ether oxygens (including phenoxy) is 1. The Balaban J connectivity index is 1.97. The fourth-order valence-corrected chi connectivity index (χ4v) is 3.80. The summed E-state index contributed by atoms with van der Waals surface area (Å²) in [7, 11) is 1.63. The van der Waals surface area contributed by atoms with E-state index in [1.807, 2.05) is 46.3 Å². The predicted molar refractivity (Wildman–Crippen MR) is 105 cm³/mol. The Morgan fingerprint density at radius 2 is 2.19 bits per heavy atom. The van der Waals surface area contributed by atoms with Gasteiger partial charge in [0.2, 0.25) is 5.91 Å². The number of benzene rings is 1. The summed E-state index contributed by atoms with van der Waals surface area (Å²) in [6.45, 7) is 4.04. The number of aromatic nitrogens is 3. The molecule has 134 valence electrons. The summed E-state index contributed by atoms with van der Waals surface area (Å²) in [6.07, 6.45) is 1.65. The molecule has 2 heterocycles. The van der Waals surface area contributed by atoms with E-state index >= 15 is 0 Å². The molecule has 1 N–H and O–H groups in total. The lowest BCUT2D eigenvalue weighted by Gasteiger charge is -2.13. The number of amides is 1. The highest BCUT2D eigenvalue weighted by Crippen LogP contribution is 2.33. The third-order valence-electron chi connectivity index (χ3n) is 3.48. The number of nitrogens with one attached hydrogen (secondary N) is 1. The number of para-hydroxylation sites is 2. The molecule has 0 atom stereocenters. The molecule has 1 amide bonds. The van der Waals surface area contributed by atoms with Gasteiger partial charge >= 0.3 is 0 Å². The number of carbonyl (C=O) groups is 1. The van der Waals surface area contributed by atoms with Crippen LogP contribution in [-0.4, -0.2) is 40.1 Å². The van der Waals surface area contributed by atoms with Crippen molar-refractivity contribution in [1.82, 2.24) is 20.1 Å². The molecule has 8 heteroatoms. The minimum absolute atomic E-state index is 0.0813. The third-order valence-corrected chi connectivity index (χ3v) is 5.27. The lowest BCUT2D eigenvalue weighted by molar-refractivity contribution is -0.118. The van der Waals surface area contributed by atoms with Gasteiger partial charge in [0, 0.05) is 6.54 Å². The van der Waals surface area contributed by atoms with Crippen molar-refractivity contribution in [2.24, 2.45) is 0 Å². The van der Waals surface area contributed by atoms with Crippen molar-refractivity contribution >= 4 is 29.0 Å². The fraction of sp³-hybridized carbons (Fsp3) is 0.167. The van der Waals surface area contributed by atoms with Crippen LogP contribution in [-0.2, 0) is 4.79 Å². The van der Waals surface area contributed by atoms with Crippen molar-refractivity contribution in [2.75, 3.05) is 19.4 Å². The smallest absolute Gasteiger partial charge is 0.230 e. The monoisotopic (exact) mass is 386 g/mol. The van der Waals surface area contributed by atoms with Crippen LogP contribution in [0.25, 0.3) is 16.4 Å². The first-order valence-corrected chi connectivity index (χ1v) is 9.74. The summed E-state index contributed by atoms with van der Waals surface area (Å²) in [6, 6.07) is 11.6. The summed E-state index contributed by atoms with van der Waals surface area (Å²) >= 11 is 2.91. The Morgan fingerprint density at radius 1 is 1.35 bits per heavy atom. The van der Waals surface area contributed by atoms with Crippen LogP contribution < -0.4 is 10.1 Å². The normalized spacial score (nSPS) is 10.5. The summed E-state index contributed by atoms with van der Waals surface area (Å²) in [5.74, 6) is 1.59. The highest BCUT2D eigenvalue weighted by molar-refractivity contribution is 7.99. The molecule has 6 nitrogen and oxygen atoms in total. The van der Waals surface area contributed by atoms with E-state index in [0.717, 1.165) is 16.4 Å². The minimum atomic E-state index is -0.0813. The van der Waals surface area contributed by atoms with Crippen molar-refractivity contribution in [2.45, 2.75) is 5.16 Å². The average Bonchev–Trinajstić information content (AvgIpc) is 3.33. The molecule has 0 saturated carbocycles. The number of methoxy groups -OCH3 is 1. The average molecular weight is 387 g/mol. The van der Waals surface area contributed by atoms with Gasteiger partial charge < -0.3 is 10.1 Å². The van der Waals surface area contributed by atoms with Crippen LogP contribution in [0.5, 0.6) is 5.75 Å². The van der Waals surface area contributed by atoms with Crippen LogP contribution in [0.2, 0.25) is 0 Å². The number of hydrogen-bond acceptors (Lipinski definition) is 6. The van der Waals surface area contributed by atoms with Gasteiger partial charge in [-0.25, -0.2) is 0 Å². The van der Waals surface area contributed by atoms with Crippen LogP contribution in [0, 0.1) is 0 Å². The topological polar surface area (TPSA) is 69.0 Å². The number of thiophene rings is 1. The predicted octanol–water partition coefficient (Wildman–Crippen LogP) is 3.40. The summed E-state index contributed by atoms with van der Waals surface area (Å²) < 4.78 is 7.43. The summed E-state index contributed by atoms with van der Waals surface area (Å²) in [5, 5.41) is 14.0. The summed E-state index contributed by atoms with van der Waals surface area (Å²) in [5.41, 5.74) is 0.831. The standard InChI is InChI=1S/C18H18N4O2S2/c1-3-10-19-16(23)12-26-18-21-20-17(15-9-6-11-25-15)22(18)13-7-4-5-8-14(13)24-2/h3-9,11H,1,10,12H2,2H3,(H,19,23). The lowest BCUT2D eigenvalue weighted by Crippen LogP contribution is -2.25. The number of thioether (sulfide) groups is 1. The first-order valence-electron chi connectivity index (χ1n) is 7.87. The van der Waals surface area contributed by atoms with E-state index in [-0.39, 0.29) is 11.7 Å². The van der Waals surface area contributed by atoms with Crippen LogP contribution in [0.15, 0.2) is 59.6 Å². The molecular formula is C18H18N4O2S2. The zero-order chi connectivity index (χ0) is 18.4. The van der Waals surface area contributed by atoms with Gasteiger partial charge in [-0.15, -0.1) is 28.1 Å². The van der Waals surface area contributed by atoms with Gasteiger partial charge in [-0.2, -0.15) is 0 Å². The largest absolute Gasteiger partial charge is 0.495 e. The van der Waals surface area contributed by atoms with E-state index < -0.39 is 0 Å². The quantitative estimate of drug-likeness (QED) is 0.475. The molecular weight excluding hydrogens is 368 g/mol. The van der Waals surface area contributed by atoms with Gasteiger partial charge in [-0.1, -0.05) is 36.0 Å². The second-order valence-electron chi connectivity index (χ2n) is 5.17. The molecule has 2 aromatic heterocycles. The van der Waals surface area contributed by atoms with Crippen molar-refractivity contribution in [3.05, 3.63) is 54.4 Å². The molecule has 0 aliphatic rings. The van der Waals surface area contributed by atoms with Gasteiger partial charge in [0.1, 0.15) is 5.75 Å². The molecule has 1 aromatic carbocycles. The van der Waals surface area contributed by atoms with E-state index in [1.54, 1.807) is 24.5 Å². The Kier molecular flexibility index (Phi) is 6.08. The number of carbonyl (C=O) groups excluding carboxylic acids is 1. The Labute approximate surface area is 159 Å². The van der Waals surface area contributed by atoms with Crippen molar-refractivity contribution < 1.29 is 9.53 Å². The van der Waals surface area contributed by atoms with Crippen molar-refractivity contribution in [3.63, 3.8) is 0 Å². The van der Waals surface area contributed by atoms with E-state index in [2.05, 4.69) is 22.1 Å². The zero-order valence-electron chi connectivity index (χ0n) is 14.2. The van der Waals surface area contributed by atoms with Gasteiger partial charge in [0.15, 0.2) is 11.0 Å². The van der Waals surface area contributed by atoms with Crippen LogP contribution in [0.4, 0.5) is 0 Å². The number of hydrogen-bond donors (Lipinski definition) is 1. The van der Waals surface area contributed by atoms with Crippen LogP contribution >= 0.6 is 23.1 Å². The maximum atomic E-state index is 11.9. The Hall–Kier alpha value is -2.58. The highest BCUT2D eigenvalue weighted by Gasteiger charge is 2.20. The van der Waals surface area contributed by atoms with Gasteiger partial charge in [0.05, 0.1) is 23.4 Å². The first-order chi connectivity index (χ1) is 12.7. The number of nitrogens with zero attached hydrogens (tertiary/aromatic N) is 3. The Bertz CT molecular complexity index is 890. The maximum Gasteiger partial charge on any atom is 0.230 e. The number of rotatable bonds is 8. The molecule has 0 unspecified atom stereocenters. The van der Waals surface area contributed by atoms with Gasteiger partial charge in [0.25, 0.3) is 0 Å². The second kappa shape index (κ2) is 8.68. The molecule has 0 spiro atoms. The first kappa shape index (κ1) is 18.2. The molecule has 0 saturated heterocycles. The molecule has 0 aliphatic heterocycles. The molecule has 3 rings (SSSR count). The minimum Gasteiger partial charge on any atom is -0.495 e. The van der Waals surface area contributed by atoms with E-state index in [1.165, 1.54) is 11.8 Å². The molecule has 26 heavy (non-hydrogen) atoms.